The summed E-state index contributed by atoms with van der Waals surface area (Å²) in [5.41, 5.74) is 8.05. The number of carbonyl (C=O) groups is 3. The molecule has 10 heteroatoms. The van der Waals surface area contributed by atoms with Crippen LogP contribution in [0, 0.1) is 5.41 Å². The van der Waals surface area contributed by atoms with Crippen LogP contribution in [0.25, 0.3) is 0 Å². The Balaban J connectivity index is 0.00000481. The van der Waals surface area contributed by atoms with Crippen molar-refractivity contribution in [3.63, 3.8) is 0 Å². The number of benzene rings is 2. The van der Waals surface area contributed by atoms with Crippen LogP contribution in [-0.2, 0) is 16.8 Å². The van der Waals surface area contributed by atoms with Crippen molar-refractivity contribution in [3.8, 4) is 11.5 Å². The SMILES string of the molecule is Br.CCOc1cc2c(cc1C(=O)NC)C(=N)N(CC(=O)c1ccc(OCCC(N)=O)c(C(C)(C)C)c1)C2. The van der Waals surface area contributed by atoms with Crippen LogP contribution >= 0.6 is 17.0 Å². The minimum Gasteiger partial charge on any atom is -0.493 e. The van der Waals surface area contributed by atoms with Gasteiger partial charge in [0.05, 0.1) is 31.7 Å². The smallest absolute Gasteiger partial charge is 0.254 e. The fourth-order valence-corrected chi connectivity index (χ4v) is 4.09. The van der Waals surface area contributed by atoms with Gasteiger partial charge in [-0.25, -0.2) is 0 Å². The number of halogens is 1. The summed E-state index contributed by atoms with van der Waals surface area (Å²) < 4.78 is 11.4. The third-order valence-electron chi connectivity index (χ3n) is 5.96. The second-order valence-electron chi connectivity index (χ2n) is 9.67. The number of hydrogen-bond acceptors (Lipinski definition) is 6. The molecule has 2 amide bonds. The van der Waals surface area contributed by atoms with Crippen molar-refractivity contribution < 1.29 is 23.9 Å². The molecule has 0 bridgehead atoms. The molecule has 0 saturated heterocycles. The summed E-state index contributed by atoms with van der Waals surface area (Å²) in [5.74, 6) is 0.373. The van der Waals surface area contributed by atoms with Gasteiger partial charge in [0.15, 0.2) is 5.78 Å². The number of nitrogens with two attached hydrogens (primary N) is 1. The first-order valence-corrected chi connectivity index (χ1v) is 11.9. The second-order valence-corrected chi connectivity index (χ2v) is 9.67. The molecule has 0 aliphatic carbocycles. The minimum atomic E-state index is -0.441. The van der Waals surface area contributed by atoms with Gasteiger partial charge < -0.3 is 25.4 Å². The first-order valence-electron chi connectivity index (χ1n) is 11.9. The highest BCUT2D eigenvalue weighted by Gasteiger charge is 2.30. The van der Waals surface area contributed by atoms with E-state index >= 15 is 0 Å². The van der Waals surface area contributed by atoms with Crippen molar-refractivity contribution in [2.45, 2.75) is 46.1 Å². The van der Waals surface area contributed by atoms with E-state index in [1.165, 1.54) is 0 Å². The van der Waals surface area contributed by atoms with E-state index in [0.717, 1.165) is 11.1 Å². The second kappa shape index (κ2) is 12.2. The number of ether oxygens (including phenoxy) is 2. The molecule has 0 atom stereocenters. The predicted molar refractivity (Wildman–Crippen MR) is 147 cm³/mol. The average molecular weight is 576 g/mol. The summed E-state index contributed by atoms with van der Waals surface area (Å²) in [7, 11) is 1.54. The molecule has 9 nitrogen and oxygen atoms in total. The summed E-state index contributed by atoms with van der Waals surface area (Å²) in [5, 5.41) is 11.2. The van der Waals surface area contributed by atoms with Crippen molar-refractivity contribution in [1.82, 2.24) is 10.2 Å². The molecule has 0 radical (unpaired) electrons. The maximum absolute atomic E-state index is 13.3. The van der Waals surface area contributed by atoms with Gasteiger partial charge in [0.1, 0.15) is 17.3 Å². The molecule has 0 fully saturated rings. The van der Waals surface area contributed by atoms with Crippen LogP contribution in [0.5, 0.6) is 11.5 Å². The van der Waals surface area contributed by atoms with Gasteiger partial charge in [-0.3, -0.25) is 19.8 Å². The zero-order valence-corrected chi connectivity index (χ0v) is 23.6. The van der Waals surface area contributed by atoms with Gasteiger partial charge in [-0.1, -0.05) is 20.8 Å². The number of nitrogens with zero attached hydrogens (tertiary/aromatic N) is 1. The lowest BCUT2D eigenvalue weighted by Gasteiger charge is -2.24. The number of hydrogen-bond donors (Lipinski definition) is 3. The maximum atomic E-state index is 13.3. The third-order valence-corrected chi connectivity index (χ3v) is 5.96. The van der Waals surface area contributed by atoms with Crippen molar-refractivity contribution >= 4 is 40.4 Å². The molecule has 0 aromatic heterocycles. The van der Waals surface area contributed by atoms with E-state index in [9.17, 15) is 14.4 Å². The number of primary amides is 1. The number of Topliss-reactive ketones (excluding diaryl/α,β-unsaturated/α-hetero) is 1. The molecule has 2 aromatic carbocycles. The Hall–Kier alpha value is -3.40. The first kappa shape index (κ1) is 29.8. The highest BCUT2D eigenvalue weighted by molar-refractivity contribution is 8.93. The van der Waals surface area contributed by atoms with Crippen LogP contribution in [0.1, 0.15) is 71.5 Å². The molecular weight excluding hydrogens is 540 g/mol. The molecule has 0 unspecified atom stereocenters. The van der Waals surface area contributed by atoms with E-state index < -0.39 is 5.91 Å². The number of ketones is 1. The Bertz CT molecular complexity index is 1210. The van der Waals surface area contributed by atoms with Gasteiger partial charge in [0.25, 0.3) is 5.91 Å². The lowest BCUT2D eigenvalue weighted by molar-refractivity contribution is -0.118. The normalized spacial score (nSPS) is 12.5. The quantitative estimate of drug-likeness (QED) is 0.371. The summed E-state index contributed by atoms with van der Waals surface area (Å²) in [4.78, 5) is 38.3. The Labute approximate surface area is 228 Å². The standard InChI is InChI=1S/C27H34N4O5.BrH/c1-6-35-23-12-17-14-31(25(29)18(17)13-19(23)26(34)30-5)15-21(32)16-7-8-22(36-10-9-24(28)33)20(11-16)27(2,3)4;/h7-8,11-13,29H,6,9-10,14-15H2,1-5H3,(H2,28,33)(H,30,34);1H. The predicted octanol–water partition coefficient (Wildman–Crippen LogP) is 3.60. The topological polar surface area (TPSA) is 135 Å². The first-order chi connectivity index (χ1) is 17.0. The van der Waals surface area contributed by atoms with E-state index in [2.05, 4.69) is 5.32 Å². The van der Waals surface area contributed by atoms with Gasteiger partial charge in [0, 0.05) is 30.3 Å². The highest BCUT2D eigenvalue weighted by atomic mass is 79.9. The van der Waals surface area contributed by atoms with E-state index in [0.29, 0.717) is 41.3 Å². The van der Waals surface area contributed by atoms with Gasteiger partial charge in [0.2, 0.25) is 5.91 Å². The Kier molecular flexibility index (Phi) is 9.86. The summed E-state index contributed by atoms with van der Waals surface area (Å²) in [6, 6.07) is 8.68. The largest absolute Gasteiger partial charge is 0.493 e. The molecule has 200 valence electrons. The van der Waals surface area contributed by atoms with Crippen LogP contribution < -0.4 is 20.5 Å². The van der Waals surface area contributed by atoms with E-state index in [-0.39, 0.29) is 59.5 Å². The maximum Gasteiger partial charge on any atom is 0.254 e. The molecule has 1 aliphatic heterocycles. The molecule has 0 saturated carbocycles. The summed E-state index contributed by atoms with van der Waals surface area (Å²) >= 11 is 0. The van der Waals surface area contributed by atoms with E-state index in [1.807, 2.05) is 33.8 Å². The van der Waals surface area contributed by atoms with Gasteiger partial charge in [-0.2, -0.15) is 0 Å². The van der Waals surface area contributed by atoms with Crippen molar-refractivity contribution in [3.05, 3.63) is 58.1 Å². The molecule has 3 rings (SSSR count). The summed E-state index contributed by atoms with van der Waals surface area (Å²) in [6.45, 7) is 8.84. The van der Waals surface area contributed by atoms with Gasteiger partial charge in [-0.15, -0.1) is 17.0 Å². The summed E-state index contributed by atoms with van der Waals surface area (Å²) in [6.07, 6.45) is 0.106. The molecule has 1 heterocycles. The number of carbonyl (C=O) groups excluding carboxylic acids is 3. The number of rotatable bonds is 10. The van der Waals surface area contributed by atoms with Gasteiger partial charge in [-0.05, 0) is 48.2 Å². The van der Waals surface area contributed by atoms with Crippen molar-refractivity contribution in [1.29, 1.82) is 5.41 Å². The minimum absolute atomic E-state index is 0. The molecule has 0 spiro atoms. The monoisotopic (exact) mass is 574 g/mol. The van der Waals surface area contributed by atoms with Crippen LogP contribution in [0.4, 0.5) is 0 Å². The highest BCUT2D eigenvalue weighted by Crippen LogP contribution is 2.34. The zero-order chi connectivity index (χ0) is 26.6. The van der Waals surface area contributed by atoms with Crippen LogP contribution in [0.2, 0.25) is 0 Å². The van der Waals surface area contributed by atoms with Crippen LogP contribution in [-0.4, -0.2) is 55.1 Å². The Morgan fingerprint density at radius 3 is 2.41 bits per heavy atom. The fraction of sp³-hybridized carbons (Fsp3) is 0.407. The zero-order valence-electron chi connectivity index (χ0n) is 21.9. The number of amidine groups is 1. The number of amides is 2. The van der Waals surface area contributed by atoms with E-state index in [4.69, 9.17) is 20.6 Å². The van der Waals surface area contributed by atoms with Crippen molar-refractivity contribution in [2.24, 2.45) is 5.73 Å². The molecule has 1 aliphatic rings. The molecule has 2 aromatic rings. The molecule has 37 heavy (non-hydrogen) atoms. The lowest BCUT2D eigenvalue weighted by Crippen LogP contribution is -2.30. The molecular formula is C27H35BrN4O5. The average Bonchev–Trinajstić information content (AvgIpc) is 3.11. The van der Waals surface area contributed by atoms with Crippen LogP contribution in [0.15, 0.2) is 30.3 Å². The molecule has 4 N–H and O–H groups in total. The number of nitrogens with one attached hydrogen (secondary N) is 2. The lowest BCUT2D eigenvalue weighted by atomic mass is 9.85. The Morgan fingerprint density at radius 1 is 1.11 bits per heavy atom. The number of fused-ring (bicyclic) bond motifs is 1. The van der Waals surface area contributed by atoms with Crippen molar-refractivity contribution in [2.75, 3.05) is 26.8 Å². The Morgan fingerprint density at radius 2 is 1.81 bits per heavy atom. The fourth-order valence-electron chi connectivity index (χ4n) is 4.09. The van der Waals surface area contributed by atoms with Gasteiger partial charge >= 0.3 is 0 Å². The van der Waals surface area contributed by atoms with Crippen LogP contribution in [0.3, 0.4) is 0 Å². The van der Waals surface area contributed by atoms with E-state index in [1.54, 1.807) is 36.2 Å². The third kappa shape index (κ3) is 6.88.